The fourth-order valence-electron chi connectivity index (χ4n) is 1.89. The van der Waals surface area contributed by atoms with E-state index in [1.165, 1.54) is 0 Å². The normalized spacial score (nSPS) is 12.9. The molecular weight excluding hydrogens is 194 g/mol. The highest BCUT2D eigenvalue weighted by molar-refractivity contribution is 7.13. The average Bonchev–Trinajstić information content (AvgIpc) is 2.31. The van der Waals surface area contributed by atoms with Crippen molar-refractivity contribution < 1.29 is 0 Å². The van der Waals surface area contributed by atoms with Gasteiger partial charge < -0.3 is 5.32 Å². The van der Waals surface area contributed by atoms with Crippen LogP contribution in [-0.4, -0.2) is 15.7 Å². The van der Waals surface area contributed by atoms with Crippen molar-refractivity contribution >= 4 is 16.5 Å². The summed E-state index contributed by atoms with van der Waals surface area (Å²) in [4.78, 5) is 0. The quantitative estimate of drug-likeness (QED) is 0.838. The van der Waals surface area contributed by atoms with Crippen LogP contribution < -0.4 is 5.32 Å². The van der Waals surface area contributed by atoms with Crippen molar-refractivity contribution in [1.29, 1.82) is 0 Å². The molecule has 3 nitrogen and oxygen atoms in total. The van der Waals surface area contributed by atoms with Gasteiger partial charge in [-0.25, -0.2) is 0 Å². The maximum absolute atomic E-state index is 3.99. The monoisotopic (exact) mass is 213 g/mol. The third-order valence-electron chi connectivity index (χ3n) is 1.78. The first-order valence-corrected chi connectivity index (χ1v) is 5.71. The molecule has 1 aromatic heterocycles. The summed E-state index contributed by atoms with van der Waals surface area (Å²) in [6.45, 7) is 11.1. The maximum Gasteiger partial charge on any atom is 0.205 e. The number of rotatable bonds is 3. The number of aromatic nitrogens is 2. The molecule has 1 heterocycles. The summed E-state index contributed by atoms with van der Waals surface area (Å²) in [5.74, 6) is 0. The first-order valence-electron chi connectivity index (χ1n) is 4.83. The van der Waals surface area contributed by atoms with Gasteiger partial charge in [0.25, 0.3) is 0 Å². The van der Waals surface area contributed by atoms with E-state index in [1.807, 2.05) is 0 Å². The van der Waals surface area contributed by atoms with Gasteiger partial charge in [0.1, 0.15) is 5.51 Å². The van der Waals surface area contributed by atoms with Crippen LogP contribution in [0.1, 0.15) is 41.0 Å². The molecular formula is C10H19N3S. The van der Waals surface area contributed by atoms with Crippen molar-refractivity contribution in [3.8, 4) is 0 Å². The number of hydrogen-bond donors (Lipinski definition) is 1. The predicted octanol–water partition coefficient (Wildman–Crippen LogP) is 3.16. The van der Waals surface area contributed by atoms with Crippen molar-refractivity contribution in [2.45, 2.75) is 46.6 Å². The Bertz CT molecular complexity index is 272. The minimum atomic E-state index is 0.0672. The highest BCUT2D eigenvalue weighted by atomic mass is 32.1. The Morgan fingerprint density at radius 1 is 1.29 bits per heavy atom. The molecule has 0 radical (unpaired) electrons. The lowest BCUT2D eigenvalue weighted by atomic mass is 9.82. The van der Waals surface area contributed by atoms with Crippen LogP contribution in [0, 0.1) is 5.41 Å². The maximum atomic E-state index is 3.99. The number of hydrogen-bond acceptors (Lipinski definition) is 4. The minimum Gasteiger partial charge on any atom is -0.355 e. The fraction of sp³-hybridized carbons (Fsp3) is 0.800. The third kappa shape index (κ3) is 4.05. The van der Waals surface area contributed by atoms with Gasteiger partial charge in [-0.3, -0.25) is 0 Å². The largest absolute Gasteiger partial charge is 0.355 e. The van der Waals surface area contributed by atoms with Crippen molar-refractivity contribution in [2.24, 2.45) is 5.41 Å². The van der Waals surface area contributed by atoms with E-state index in [2.05, 4.69) is 50.1 Å². The molecule has 0 unspecified atom stereocenters. The van der Waals surface area contributed by atoms with Crippen molar-refractivity contribution in [3.05, 3.63) is 5.51 Å². The van der Waals surface area contributed by atoms with Gasteiger partial charge in [-0.15, -0.1) is 10.2 Å². The Kier molecular flexibility index (Phi) is 3.14. The highest BCUT2D eigenvalue weighted by Crippen LogP contribution is 2.29. The summed E-state index contributed by atoms with van der Waals surface area (Å²) in [6, 6.07) is 0. The van der Waals surface area contributed by atoms with Crippen LogP contribution in [0.2, 0.25) is 0 Å². The standard InChI is InChI=1S/C10H19N3S/c1-9(2,3)6-10(4,5)12-8-13-11-7-14-8/h7H,6H2,1-5H3,(H,12,13). The molecule has 80 valence electrons. The average molecular weight is 213 g/mol. The van der Waals surface area contributed by atoms with E-state index in [0.717, 1.165) is 11.6 Å². The second kappa shape index (κ2) is 3.85. The first kappa shape index (κ1) is 11.4. The van der Waals surface area contributed by atoms with Crippen LogP contribution in [0.4, 0.5) is 5.13 Å². The van der Waals surface area contributed by atoms with Crippen molar-refractivity contribution in [1.82, 2.24) is 10.2 Å². The van der Waals surface area contributed by atoms with Gasteiger partial charge >= 0.3 is 0 Å². The van der Waals surface area contributed by atoms with E-state index in [9.17, 15) is 0 Å². The van der Waals surface area contributed by atoms with Crippen molar-refractivity contribution in [3.63, 3.8) is 0 Å². The lowest BCUT2D eigenvalue weighted by molar-refractivity contribution is 0.302. The topological polar surface area (TPSA) is 37.8 Å². The molecule has 0 fully saturated rings. The Hall–Kier alpha value is -0.640. The molecule has 0 aliphatic heterocycles. The summed E-state index contributed by atoms with van der Waals surface area (Å²) >= 11 is 1.54. The number of anilines is 1. The van der Waals surface area contributed by atoms with E-state index in [0.29, 0.717) is 5.41 Å². The highest BCUT2D eigenvalue weighted by Gasteiger charge is 2.25. The Balaban J connectivity index is 2.58. The zero-order valence-electron chi connectivity index (χ0n) is 9.59. The molecule has 0 amide bonds. The van der Waals surface area contributed by atoms with E-state index < -0.39 is 0 Å². The first-order chi connectivity index (χ1) is 6.29. The third-order valence-corrected chi connectivity index (χ3v) is 2.38. The Morgan fingerprint density at radius 2 is 1.93 bits per heavy atom. The lowest BCUT2D eigenvalue weighted by Crippen LogP contribution is -2.35. The molecule has 0 saturated carbocycles. The van der Waals surface area contributed by atoms with Gasteiger partial charge in [0.15, 0.2) is 0 Å². The minimum absolute atomic E-state index is 0.0672. The van der Waals surface area contributed by atoms with Crippen LogP contribution in [0.3, 0.4) is 0 Å². The smallest absolute Gasteiger partial charge is 0.205 e. The summed E-state index contributed by atoms with van der Waals surface area (Å²) in [6.07, 6.45) is 1.10. The lowest BCUT2D eigenvalue weighted by Gasteiger charge is -2.32. The second-order valence-electron chi connectivity index (χ2n) is 5.49. The van der Waals surface area contributed by atoms with Gasteiger partial charge in [0.2, 0.25) is 5.13 Å². The SMILES string of the molecule is CC(C)(C)CC(C)(C)Nc1nncs1. The van der Waals surface area contributed by atoms with Gasteiger partial charge in [-0.1, -0.05) is 32.1 Å². The fourth-order valence-corrected chi connectivity index (χ4v) is 2.51. The molecule has 0 aliphatic rings. The van der Waals surface area contributed by atoms with Crippen LogP contribution in [-0.2, 0) is 0 Å². The zero-order valence-corrected chi connectivity index (χ0v) is 10.4. The van der Waals surface area contributed by atoms with E-state index in [1.54, 1.807) is 16.8 Å². The Labute approximate surface area is 89.9 Å². The molecule has 1 rings (SSSR count). The van der Waals surface area contributed by atoms with Gasteiger partial charge in [-0.05, 0) is 25.7 Å². The molecule has 0 spiro atoms. The molecule has 0 aliphatic carbocycles. The molecule has 14 heavy (non-hydrogen) atoms. The predicted molar refractivity (Wildman–Crippen MR) is 61.7 cm³/mol. The molecule has 0 bridgehead atoms. The molecule has 1 N–H and O–H groups in total. The number of nitrogens with zero attached hydrogens (tertiary/aromatic N) is 2. The summed E-state index contributed by atoms with van der Waals surface area (Å²) in [5.41, 5.74) is 2.13. The summed E-state index contributed by atoms with van der Waals surface area (Å²) in [5, 5.41) is 12.1. The zero-order chi connectivity index (χ0) is 10.8. The molecule has 4 heteroatoms. The van der Waals surface area contributed by atoms with E-state index in [4.69, 9.17) is 0 Å². The Morgan fingerprint density at radius 3 is 2.36 bits per heavy atom. The molecule has 0 aromatic carbocycles. The second-order valence-corrected chi connectivity index (χ2v) is 6.32. The molecule has 1 aromatic rings. The number of nitrogens with one attached hydrogen (secondary N) is 1. The summed E-state index contributed by atoms with van der Waals surface area (Å²) < 4.78 is 0. The van der Waals surface area contributed by atoms with Crippen LogP contribution >= 0.6 is 11.3 Å². The summed E-state index contributed by atoms with van der Waals surface area (Å²) in [7, 11) is 0. The van der Waals surface area contributed by atoms with Gasteiger partial charge in [0, 0.05) is 5.54 Å². The van der Waals surface area contributed by atoms with Crippen LogP contribution in [0.15, 0.2) is 5.51 Å². The van der Waals surface area contributed by atoms with Crippen LogP contribution in [0.25, 0.3) is 0 Å². The van der Waals surface area contributed by atoms with Crippen LogP contribution in [0.5, 0.6) is 0 Å². The van der Waals surface area contributed by atoms with E-state index >= 15 is 0 Å². The van der Waals surface area contributed by atoms with Gasteiger partial charge in [0.05, 0.1) is 0 Å². The molecule has 0 atom stereocenters. The van der Waals surface area contributed by atoms with E-state index in [-0.39, 0.29) is 5.54 Å². The van der Waals surface area contributed by atoms with Crippen molar-refractivity contribution in [2.75, 3.05) is 5.32 Å². The molecule has 0 saturated heterocycles. The van der Waals surface area contributed by atoms with Gasteiger partial charge in [-0.2, -0.15) is 0 Å².